The second kappa shape index (κ2) is 6.39. The van der Waals surface area contributed by atoms with Gasteiger partial charge in [0.15, 0.2) is 9.84 Å². The first kappa shape index (κ1) is 14.5. The van der Waals surface area contributed by atoms with Gasteiger partial charge < -0.3 is 10.4 Å². The van der Waals surface area contributed by atoms with Crippen LogP contribution >= 0.6 is 11.8 Å². The molecule has 0 spiro atoms. The van der Waals surface area contributed by atoms with Crippen LogP contribution in [0.15, 0.2) is 34.1 Å². The normalized spacial score (nSPS) is 13.6. The summed E-state index contributed by atoms with van der Waals surface area (Å²) in [5.41, 5.74) is 0. The van der Waals surface area contributed by atoms with E-state index in [2.05, 4.69) is 5.32 Å². The number of aliphatic hydroxyl groups is 1. The van der Waals surface area contributed by atoms with Crippen molar-refractivity contribution in [1.29, 1.82) is 0 Å². The molecule has 1 aromatic rings. The number of thioether (sulfide) groups is 1. The Balaban J connectivity index is 2.63. The zero-order valence-corrected chi connectivity index (χ0v) is 11.5. The summed E-state index contributed by atoms with van der Waals surface area (Å²) in [6.07, 6.45) is 1.19. The molecule has 0 amide bonds. The number of hydrogen-bond acceptors (Lipinski definition) is 5. The van der Waals surface area contributed by atoms with Crippen LogP contribution < -0.4 is 5.32 Å². The number of rotatable bonds is 6. The fraction of sp³-hybridized carbons (Fsp3) is 0.455. The Hall–Kier alpha value is -0.560. The zero-order chi connectivity index (χ0) is 12.9. The van der Waals surface area contributed by atoms with Gasteiger partial charge in [-0.25, -0.2) is 8.42 Å². The molecule has 1 unspecified atom stereocenters. The van der Waals surface area contributed by atoms with Crippen LogP contribution in [0.5, 0.6) is 0 Å². The van der Waals surface area contributed by atoms with Gasteiger partial charge in [-0.05, 0) is 31.3 Å². The van der Waals surface area contributed by atoms with Crippen LogP contribution in [-0.4, -0.2) is 45.2 Å². The largest absolute Gasteiger partial charge is 0.395 e. The van der Waals surface area contributed by atoms with Crippen LogP contribution in [0.4, 0.5) is 0 Å². The van der Waals surface area contributed by atoms with Crippen LogP contribution in [-0.2, 0) is 9.84 Å². The zero-order valence-electron chi connectivity index (χ0n) is 9.88. The van der Waals surface area contributed by atoms with Gasteiger partial charge in [-0.2, -0.15) is 0 Å². The molecule has 0 aromatic heterocycles. The molecule has 1 aromatic carbocycles. The van der Waals surface area contributed by atoms with Crippen molar-refractivity contribution in [2.24, 2.45) is 0 Å². The van der Waals surface area contributed by atoms with Crippen LogP contribution in [0.1, 0.15) is 0 Å². The van der Waals surface area contributed by atoms with E-state index in [9.17, 15) is 8.42 Å². The van der Waals surface area contributed by atoms with E-state index in [1.807, 2.05) is 0 Å². The lowest BCUT2D eigenvalue weighted by Crippen LogP contribution is -2.31. The summed E-state index contributed by atoms with van der Waals surface area (Å²) in [5, 5.41) is 12.0. The van der Waals surface area contributed by atoms with E-state index in [1.54, 1.807) is 43.1 Å². The molecule has 0 fully saturated rings. The number of hydrogen-bond donors (Lipinski definition) is 2. The maximum Gasteiger partial charge on any atom is 0.175 e. The standard InChI is InChI=1S/C11H17NO3S2/c1-12-9(7-13)8-16-10-3-5-11(6-4-10)17(2,14)15/h3-6,9,12-13H,7-8H2,1-2H3. The average molecular weight is 275 g/mol. The molecule has 0 bridgehead atoms. The second-order valence-corrected chi connectivity index (χ2v) is 6.83. The Morgan fingerprint density at radius 2 is 1.94 bits per heavy atom. The maximum absolute atomic E-state index is 11.3. The number of sulfone groups is 1. The van der Waals surface area contributed by atoms with Crippen LogP contribution in [0.25, 0.3) is 0 Å². The monoisotopic (exact) mass is 275 g/mol. The summed E-state index contributed by atoms with van der Waals surface area (Å²) < 4.78 is 22.5. The van der Waals surface area contributed by atoms with Crippen molar-refractivity contribution < 1.29 is 13.5 Å². The summed E-state index contributed by atoms with van der Waals surface area (Å²) in [5.74, 6) is 0.741. The second-order valence-electron chi connectivity index (χ2n) is 3.72. The summed E-state index contributed by atoms with van der Waals surface area (Å²) in [7, 11) is -1.32. The minimum absolute atomic E-state index is 0.0505. The quantitative estimate of drug-likeness (QED) is 0.750. The highest BCUT2D eigenvalue weighted by atomic mass is 32.2. The molecule has 0 aliphatic heterocycles. The summed E-state index contributed by atoms with van der Waals surface area (Å²) in [6.45, 7) is 0.0882. The van der Waals surface area contributed by atoms with Crippen LogP contribution in [0, 0.1) is 0 Å². The Morgan fingerprint density at radius 1 is 1.35 bits per heavy atom. The topological polar surface area (TPSA) is 66.4 Å². The van der Waals surface area contributed by atoms with Gasteiger partial charge in [0, 0.05) is 22.9 Å². The van der Waals surface area contributed by atoms with Gasteiger partial charge in [-0.3, -0.25) is 0 Å². The predicted molar refractivity (Wildman–Crippen MR) is 70.2 cm³/mol. The fourth-order valence-corrected chi connectivity index (χ4v) is 2.83. The molecule has 0 aliphatic rings. The molecule has 2 N–H and O–H groups in total. The third-order valence-electron chi connectivity index (χ3n) is 2.33. The van der Waals surface area contributed by atoms with Crippen molar-refractivity contribution in [3.8, 4) is 0 Å². The average Bonchev–Trinajstić information content (AvgIpc) is 2.30. The van der Waals surface area contributed by atoms with E-state index in [-0.39, 0.29) is 12.6 Å². The first-order valence-corrected chi connectivity index (χ1v) is 8.06. The lowest BCUT2D eigenvalue weighted by Gasteiger charge is -2.12. The maximum atomic E-state index is 11.3. The highest BCUT2D eigenvalue weighted by Gasteiger charge is 2.08. The molecule has 0 aliphatic carbocycles. The molecule has 0 saturated heterocycles. The first-order valence-electron chi connectivity index (χ1n) is 5.18. The minimum Gasteiger partial charge on any atom is -0.395 e. The first-order chi connectivity index (χ1) is 7.97. The Labute approximate surface area is 106 Å². The molecule has 17 heavy (non-hydrogen) atoms. The third kappa shape index (κ3) is 4.67. The SMILES string of the molecule is CNC(CO)CSc1ccc(S(C)(=O)=O)cc1. The summed E-state index contributed by atoms with van der Waals surface area (Å²) in [4.78, 5) is 1.32. The van der Waals surface area contributed by atoms with E-state index in [0.29, 0.717) is 4.90 Å². The predicted octanol–water partition coefficient (Wildman–Crippen LogP) is 0.763. The number of nitrogens with one attached hydrogen (secondary N) is 1. The lowest BCUT2D eigenvalue weighted by atomic mass is 10.4. The van der Waals surface area contributed by atoms with Crippen LogP contribution in [0.3, 0.4) is 0 Å². The molecule has 0 saturated carbocycles. The number of likely N-dealkylation sites (N-methyl/N-ethyl adjacent to an activating group) is 1. The summed E-state index contributed by atoms with van der Waals surface area (Å²) in [6, 6.07) is 6.82. The molecule has 4 nitrogen and oxygen atoms in total. The Bertz CT molecular complexity index is 438. The van der Waals surface area contributed by atoms with Gasteiger partial charge >= 0.3 is 0 Å². The van der Waals surface area contributed by atoms with Gasteiger partial charge in [0.2, 0.25) is 0 Å². The van der Waals surface area contributed by atoms with Crippen molar-refractivity contribution in [2.75, 3.05) is 25.7 Å². The van der Waals surface area contributed by atoms with Gasteiger partial charge in [-0.1, -0.05) is 0 Å². The molecular weight excluding hydrogens is 258 g/mol. The van der Waals surface area contributed by atoms with E-state index >= 15 is 0 Å². The molecular formula is C11H17NO3S2. The third-order valence-corrected chi connectivity index (χ3v) is 4.63. The summed E-state index contributed by atoms with van der Waals surface area (Å²) >= 11 is 1.58. The molecule has 6 heteroatoms. The van der Waals surface area contributed by atoms with Crippen molar-refractivity contribution in [3.63, 3.8) is 0 Å². The van der Waals surface area contributed by atoms with Gasteiger partial charge in [0.25, 0.3) is 0 Å². The lowest BCUT2D eigenvalue weighted by molar-refractivity contribution is 0.260. The van der Waals surface area contributed by atoms with E-state index in [1.165, 1.54) is 6.26 Å². The van der Waals surface area contributed by atoms with Gasteiger partial charge in [-0.15, -0.1) is 11.8 Å². The van der Waals surface area contributed by atoms with Crippen LogP contribution in [0.2, 0.25) is 0 Å². The smallest absolute Gasteiger partial charge is 0.175 e. The number of aliphatic hydroxyl groups excluding tert-OH is 1. The Kier molecular flexibility index (Phi) is 5.45. The van der Waals surface area contributed by atoms with Crippen molar-refractivity contribution in [1.82, 2.24) is 5.32 Å². The molecule has 96 valence electrons. The Morgan fingerprint density at radius 3 is 2.35 bits per heavy atom. The minimum atomic E-state index is -3.12. The van der Waals surface area contributed by atoms with Gasteiger partial charge in [0.05, 0.1) is 11.5 Å². The van der Waals surface area contributed by atoms with Crippen molar-refractivity contribution in [2.45, 2.75) is 15.8 Å². The molecule has 1 atom stereocenters. The van der Waals surface area contributed by atoms with Gasteiger partial charge in [0.1, 0.15) is 0 Å². The highest BCUT2D eigenvalue weighted by molar-refractivity contribution is 7.99. The fourth-order valence-electron chi connectivity index (χ4n) is 1.21. The van der Waals surface area contributed by atoms with Crippen molar-refractivity contribution >= 4 is 21.6 Å². The van der Waals surface area contributed by atoms with E-state index in [4.69, 9.17) is 5.11 Å². The number of benzene rings is 1. The van der Waals surface area contributed by atoms with E-state index < -0.39 is 9.84 Å². The molecule has 1 rings (SSSR count). The van der Waals surface area contributed by atoms with E-state index in [0.717, 1.165) is 10.6 Å². The highest BCUT2D eigenvalue weighted by Crippen LogP contribution is 2.20. The molecule has 0 heterocycles. The molecule has 0 radical (unpaired) electrons. The van der Waals surface area contributed by atoms with Crippen molar-refractivity contribution in [3.05, 3.63) is 24.3 Å².